The topological polar surface area (TPSA) is 72.8 Å². The van der Waals surface area contributed by atoms with Gasteiger partial charge in [-0.1, -0.05) is 30.3 Å². The number of rotatable bonds is 4. The number of aliphatic hydroxyl groups excluding tert-OH is 1. The second-order valence-corrected chi connectivity index (χ2v) is 6.56. The third-order valence-electron chi connectivity index (χ3n) is 4.66. The molecule has 1 aliphatic carbocycles. The van der Waals surface area contributed by atoms with E-state index in [0.717, 1.165) is 24.1 Å². The number of amides is 2. The third kappa shape index (κ3) is 4.73. The van der Waals surface area contributed by atoms with E-state index in [2.05, 4.69) is 5.32 Å². The van der Waals surface area contributed by atoms with Crippen molar-refractivity contribution in [3.8, 4) is 5.75 Å². The molecule has 2 aromatic rings. The Balaban J connectivity index is 1.76. The van der Waals surface area contributed by atoms with E-state index in [-0.39, 0.29) is 23.9 Å². The molecule has 0 atom stereocenters. The van der Waals surface area contributed by atoms with E-state index in [4.69, 9.17) is 0 Å². The van der Waals surface area contributed by atoms with Gasteiger partial charge in [0, 0.05) is 18.3 Å². The van der Waals surface area contributed by atoms with Gasteiger partial charge in [-0.15, -0.1) is 0 Å². The van der Waals surface area contributed by atoms with Crippen LogP contribution >= 0.6 is 0 Å². The first-order chi connectivity index (χ1) is 12.1. The lowest BCUT2D eigenvalue weighted by Gasteiger charge is -2.36. The molecular weight excluding hydrogens is 316 g/mol. The molecule has 0 radical (unpaired) electrons. The van der Waals surface area contributed by atoms with E-state index in [0.29, 0.717) is 19.4 Å². The lowest BCUT2D eigenvalue weighted by molar-refractivity contribution is 0.0849. The fourth-order valence-corrected chi connectivity index (χ4v) is 3.30. The molecule has 2 amide bonds. The average Bonchev–Trinajstić information content (AvgIpc) is 2.61. The number of aliphatic hydroxyl groups is 1. The fraction of sp³-hybridized carbons (Fsp3) is 0.350. The number of nitrogens with one attached hydrogen (secondary N) is 1. The summed E-state index contributed by atoms with van der Waals surface area (Å²) in [5.74, 6) is 0.194. The number of anilines is 1. The molecule has 5 heteroatoms. The molecule has 0 bridgehead atoms. The van der Waals surface area contributed by atoms with Crippen molar-refractivity contribution < 1.29 is 15.0 Å². The molecule has 25 heavy (non-hydrogen) atoms. The van der Waals surface area contributed by atoms with Gasteiger partial charge in [0.25, 0.3) is 0 Å². The van der Waals surface area contributed by atoms with Gasteiger partial charge in [-0.2, -0.15) is 0 Å². The summed E-state index contributed by atoms with van der Waals surface area (Å²) in [7, 11) is 0. The smallest absolute Gasteiger partial charge is 0.322 e. The van der Waals surface area contributed by atoms with Crippen LogP contribution in [0.1, 0.15) is 31.2 Å². The summed E-state index contributed by atoms with van der Waals surface area (Å²) in [6.45, 7) is 0.424. The molecular formula is C20H24N2O3. The minimum atomic E-state index is -0.268. The Morgan fingerprint density at radius 2 is 1.76 bits per heavy atom. The number of urea groups is 1. The van der Waals surface area contributed by atoms with E-state index in [1.807, 2.05) is 41.3 Å². The van der Waals surface area contributed by atoms with Gasteiger partial charge in [-0.25, -0.2) is 4.79 Å². The summed E-state index contributed by atoms with van der Waals surface area (Å²) in [5.41, 5.74) is 1.64. The predicted octanol–water partition coefficient (Wildman–Crippen LogP) is 3.73. The lowest BCUT2D eigenvalue weighted by atomic mass is 9.92. The predicted molar refractivity (Wildman–Crippen MR) is 97.4 cm³/mol. The molecule has 2 aromatic carbocycles. The average molecular weight is 340 g/mol. The van der Waals surface area contributed by atoms with Crippen LogP contribution in [-0.4, -0.2) is 33.3 Å². The molecule has 0 spiro atoms. The largest absolute Gasteiger partial charge is 0.508 e. The fourth-order valence-electron chi connectivity index (χ4n) is 3.30. The Labute approximate surface area is 147 Å². The highest BCUT2D eigenvalue weighted by Gasteiger charge is 2.28. The van der Waals surface area contributed by atoms with Crippen LogP contribution in [0.5, 0.6) is 5.75 Å². The van der Waals surface area contributed by atoms with E-state index in [1.54, 1.807) is 18.2 Å². The van der Waals surface area contributed by atoms with E-state index in [1.165, 1.54) is 0 Å². The SMILES string of the molecule is O=C(Nc1ccccc1)N(Cc1cccc(O)c1)C1CCC(O)CC1. The summed E-state index contributed by atoms with van der Waals surface area (Å²) in [4.78, 5) is 14.7. The summed E-state index contributed by atoms with van der Waals surface area (Å²) in [5, 5.41) is 22.4. The van der Waals surface area contributed by atoms with Crippen LogP contribution in [0, 0.1) is 0 Å². The molecule has 3 rings (SSSR count). The van der Waals surface area contributed by atoms with Gasteiger partial charge in [0.2, 0.25) is 0 Å². The molecule has 3 N–H and O–H groups in total. The molecule has 1 fully saturated rings. The molecule has 5 nitrogen and oxygen atoms in total. The zero-order chi connectivity index (χ0) is 17.6. The number of carbonyl (C=O) groups excluding carboxylic acids is 1. The number of aromatic hydroxyl groups is 1. The Morgan fingerprint density at radius 1 is 1.04 bits per heavy atom. The third-order valence-corrected chi connectivity index (χ3v) is 4.66. The van der Waals surface area contributed by atoms with Crippen molar-refractivity contribution in [2.45, 2.75) is 44.4 Å². The van der Waals surface area contributed by atoms with Crippen LogP contribution in [-0.2, 0) is 6.54 Å². The monoisotopic (exact) mass is 340 g/mol. The first kappa shape index (κ1) is 17.3. The molecule has 0 aliphatic heterocycles. The van der Waals surface area contributed by atoms with Crippen molar-refractivity contribution in [3.05, 3.63) is 60.2 Å². The van der Waals surface area contributed by atoms with Crippen LogP contribution in [0.25, 0.3) is 0 Å². The number of nitrogens with zero attached hydrogens (tertiary/aromatic N) is 1. The molecule has 132 valence electrons. The second kappa shape index (κ2) is 8.03. The van der Waals surface area contributed by atoms with Crippen molar-refractivity contribution >= 4 is 11.7 Å². The highest BCUT2D eigenvalue weighted by molar-refractivity contribution is 5.89. The number of carbonyl (C=O) groups is 1. The number of phenolic OH excluding ortho intramolecular Hbond substituents is 1. The highest BCUT2D eigenvalue weighted by atomic mass is 16.3. The Bertz CT molecular complexity index is 697. The van der Waals surface area contributed by atoms with Gasteiger partial charge in [0.05, 0.1) is 6.10 Å². The van der Waals surface area contributed by atoms with Gasteiger partial charge in [-0.3, -0.25) is 0 Å². The van der Waals surface area contributed by atoms with Gasteiger partial charge in [0.15, 0.2) is 0 Å². The Kier molecular flexibility index (Phi) is 5.56. The zero-order valence-corrected chi connectivity index (χ0v) is 14.1. The summed E-state index contributed by atoms with van der Waals surface area (Å²) in [6, 6.07) is 16.3. The molecule has 1 aliphatic rings. The number of phenols is 1. The normalized spacial score (nSPS) is 20.0. The second-order valence-electron chi connectivity index (χ2n) is 6.56. The van der Waals surface area contributed by atoms with Crippen LogP contribution in [0.15, 0.2) is 54.6 Å². The molecule has 0 aromatic heterocycles. The highest BCUT2D eigenvalue weighted by Crippen LogP contribution is 2.26. The van der Waals surface area contributed by atoms with Gasteiger partial charge < -0.3 is 20.4 Å². The van der Waals surface area contributed by atoms with Crippen molar-refractivity contribution in [2.24, 2.45) is 0 Å². The van der Waals surface area contributed by atoms with Gasteiger partial charge in [-0.05, 0) is 55.5 Å². The Morgan fingerprint density at radius 3 is 2.44 bits per heavy atom. The molecule has 0 unspecified atom stereocenters. The van der Waals surface area contributed by atoms with Crippen LogP contribution < -0.4 is 5.32 Å². The molecule has 1 saturated carbocycles. The zero-order valence-electron chi connectivity index (χ0n) is 14.1. The van der Waals surface area contributed by atoms with E-state index < -0.39 is 0 Å². The van der Waals surface area contributed by atoms with E-state index >= 15 is 0 Å². The van der Waals surface area contributed by atoms with Crippen LogP contribution in [0.3, 0.4) is 0 Å². The van der Waals surface area contributed by atoms with Crippen molar-refractivity contribution in [1.82, 2.24) is 4.90 Å². The number of hydrogen-bond acceptors (Lipinski definition) is 3. The maximum absolute atomic E-state index is 12.9. The minimum absolute atomic E-state index is 0.0782. The first-order valence-corrected chi connectivity index (χ1v) is 8.70. The van der Waals surface area contributed by atoms with Crippen LogP contribution in [0.2, 0.25) is 0 Å². The van der Waals surface area contributed by atoms with Gasteiger partial charge in [0.1, 0.15) is 5.75 Å². The minimum Gasteiger partial charge on any atom is -0.508 e. The standard InChI is InChI=1S/C20H24N2O3/c23-18-11-9-17(10-12-18)22(14-15-5-4-8-19(24)13-15)20(25)21-16-6-2-1-3-7-16/h1-8,13,17-18,23-24H,9-12,14H2,(H,21,25). The number of benzene rings is 2. The first-order valence-electron chi connectivity index (χ1n) is 8.70. The maximum Gasteiger partial charge on any atom is 0.322 e. The van der Waals surface area contributed by atoms with Crippen molar-refractivity contribution in [2.75, 3.05) is 5.32 Å². The van der Waals surface area contributed by atoms with Crippen molar-refractivity contribution in [3.63, 3.8) is 0 Å². The summed E-state index contributed by atoms with van der Waals surface area (Å²) in [6.07, 6.45) is 2.71. The molecule has 0 heterocycles. The van der Waals surface area contributed by atoms with Crippen molar-refractivity contribution in [1.29, 1.82) is 0 Å². The lowest BCUT2D eigenvalue weighted by Crippen LogP contribution is -2.44. The maximum atomic E-state index is 12.9. The Hall–Kier alpha value is -2.53. The molecule has 0 saturated heterocycles. The van der Waals surface area contributed by atoms with Crippen LogP contribution in [0.4, 0.5) is 10.5 Å². The quantitative estimate of drug-likeness (QED) is 0.794. The van der Waals surface area contributed by atoms with E-state index in [9.17, 15) is 15.0 Å². The number of para-hydroxylation sites is 1. The summed E-state index contributed by atoms with van der Waals surface area (Å²) >= 11 is 0. The summed E-state index contributed by atoms with van der Waals surface area (Å²) < 4.78 is 0. The number of hydrogen-bond donors (Lipinski definition) is 3. The van der Waals surface area contributed by atoms with Gasteiger partial charge >= 0.3 is 6.03 Å².